The number of amides is 1. The molecular formula is C16H23NO5Si. The third-order valence-corrected chi connectivity index (χ3v) is 8.65. The fourth-order valence-electron chi connectivity index (χ4n) is 3.24. The smallest absolute Gasteiger partial charge is 0.407 e. The molecule has 2 rings (SSSR count). The molecule has 0 unspecified atom stereocenters. The molecule has 1 amide bonds. The highest BCUT2D eigenvalue weighted by molar-refractivity contribution is 6.91. The van der Waals surface area contributed by atoms with Crippen LogP contribution in [0.5, 0.6) is 0 Å². The maximum atomic E-state index is 12.2. The molecule has 1 aromatic carbocycles. The van der Waals surface area contributed by atoms with E-state index in [0.29, 0.717) is 0 Å². The summed E-state index contributed by atoms with van der Waals surface area (Å²) in [6.45, 7) is 5.81. The molecule has 2 N–H and O–H groups in total. The average Bonchev–Trinajstić information content (AvgIpc) is 2.86. The number of methoxy groups -OCH3 is 1. The van der Waals surface area contributed by atoms with E-state index in [0.717, 1.165) is 5.19 Å². The van der Waals surface area contributed by atoms with Gasteiger partial charge in [0.2, 0.25) is 0 Å². The average molecular weight is 337 g/mol. The highest BCUT2D eigenvalue weighted by Gasteiger charge is 2.55. The van der Waals surface area contributed by atoms with Gasteiger partial charge in [0.1, 0.15) is 12.1 Å². The second-order valence-corrected chi connectivity index (χ2v) is 11.1. The Morgan fingerprint density at radius 2 is 1.96 bits per heavy atom. The Hall–Kier alpha value is -1.86. The van der Waals surface area contributed by atoms with Crippen LogP contribution in [-0.4, -0.2) is 50.6 Å². The van der Waals surface area contributed by atoms with Crippen LogP contribution in [-0.2, 0) is 14.3 Å². The topological polar surface area (TPSA) is 84.9 Å². The van der Waals surface area contributed by atoms with Crippen molar-refractivity contribution >= 4 is 25.3 Å². The predicted octanol–water partition coefficient (Wildman–Crippen LogP) is 1.00. The molecule has 7 heteroatoms. The molecule has 1 aromatic rings. The maximum absolute atomic E-state index is 12.2. The number of aliphatic hydroxyl groups excluding tert-OH is 1. The monoisotopic (exact) mass is 337 g/mol. The predicted molar refractivity (Wildman–Crippen MR) is 88.2 cm³/mol. The summed E-state index contributed by atoms with van der Waals surface area (Å²) in [6, 6.07) is 9.04. The van der Waals surface area contributed by atoms with Gasteiger partial charge < -0.3 is 19.9 Å². The molecule has 0 spiro atoms. The number of carbonyl (C=O) groups is 2. The summed E-state index contributed by atoms with van der Waals surface area (Å²) >= 11 is 0. The van der Waals surface area contributed by atoms with Crippen LogP contribution in [0, 0.1) is 0 Å². The molecule has 4 atom stereocenters. The quantitative estimate of drug-likeness (QED) is 0.632. The first-order chi connectivity index (χ1) is 10.8. The second-order valence-electron chi connectivity index (χ2n) is 6.37. The number of hydrogen-bond acceptors (Lipinski definition) is 5. The molecule has 1 heterocycles. The normalized spacial score (nSPS) is 25.6. The van der Waals surface area contributed by atoms with Crippen molar-refractivity contribution in [1.29, 1.82) is 0 Å². The van der Waals surface area contributed by atoms with Crippen molar-refractivity contribution < 1.29 is 24.2 Å². The van der Waals surface area contributed by atoms with Crippen molar-refractivity contribution in [1.82, 2.24) is 5.32 Å². The number of hydrogen-bond donors (Lipinski definition) is 2. The standard InChI is InChI=1S/C16H23NO5Si/c1-10(18)13-14(12(15(19)22-13)17-16(20)21-2)23(3,4)11-8-6-5-7-9-11/h5-10,12-14,18H,1-4H3,(H,17,20)/t10-,12+,13+,14+/m1/s1. The first-order valence-electron chi connectivity index (χ1n) is 7.57. The number of ether oxygens (including phenoxy) is 2. The number of benzene rings is 1. The Bertz CT molecular complexity index is 575. The number of carbonyl (C=O) groups excluding carboxylic acids is 2. The minimum Gasteiger partial charge on any atom is -0.458 e. The van der Waals surface area contributed by atoms with E-state index >= 15 is 0 Å². The molecule has 23 heavy (non-hydrogen) atoms. The number of aliphatic hydroxyl groups is 1. The van der Waals surface area contributed by atoms with Crippen LogP contribution < -0.4 is 10.5 Å². The van der Waals surface area contributed by atoms with E-state index in [1.165, 1.54) is 7.11 Å². The second kappa shape index (κ2) is 6.72. The molecule has 1 saturated heterocycles. The fourth-order valence-corrected chi connectivity index (χ4v) is 6.89. The zero-order valence-electron chi connectivity index (χ0n) is 13.8. The Morgan fingerprint density at radius 3 is 2.48 bits per heavy atom. The van der Waals surface area contributed by atoms with E-state index in [-0.39, 0.29) is 5.54 Å². The minimum atomic E-state index is -2.23. The fraction of sp³-hybridized carbons (Fsp3) is 0.500. The summed E-state index contributed by atoms with van der Waals surface area (Å²) in [4.78, 5) is 23.9. The summed E-state index contributed by atoms with van der Waals surface area (Å²) in [5.41, 5.74) is -0.295. The Balaban J connectivity index is 2.42. The number of rotatable bonds is 4. The number of nitrogens with one attached hydrogen (secondary N) is 1. The van der Waals surface area contributed by atoms with Gasteiger partial charge in [-0.05, 0) is 6.92 Å². The lowest BCUT2D eigenvalue weighted by molar-refractivity contribution is -0.146. The van der Waals surface area contributed by atoms with E-state index in [2.05, 4.69) is 23.1 Å². The van der Waals surface area contributed by atoms with Gasteiger partial charge in [0.15, 0.2) is 0 Å². The first kappa shape index (κ1) is 17.5. The van der Waals surface area contributed by atoms with Gasteiger partial charge in [-0.1, -0.05) is 48.6 Å². The van der Waals surface area contributed by atoms with E-state index in [4.69, 9.17) is 4.74 Å². The van der Waals surface area contributed by atoms with E-state index in [1.807, 2.05) is 30.3 Å². The van der Waals surface area contributed by atoms with Crippen molar-refractivity contribution in [2.75, 3.05) is 7.11 Å². The minimum absolute atomic E-state index is 0.295. The zero-order chi connectivity index (χ0) is 17.2. The molecule has 0 aliphatic carbocycles. The van der Waals surface area contributed by atoms with Gasteiger partial charge in [0, 0.05) is 5.54 Å². The summed E-state index contributed by atoms with van der Waals surface area (Å²) in [5, 5.41) is 13.8. The van der Waals surface area contributed by atoms with E-state index < -0.39 is 38.4 Å². The Morgan fingerprint density at radius 1 is 1.35 bits per heavy atom. The van der Waals surface area contributed by atoms with Crippen LogP contribution in [0.1, 0.15) is 6.92 Å². The van der Waals surface area contributed by atoms with Crippen LogP contribution in [0.4, 0.5) is 4.79 Å². The molecule has 0 saturated carbocycles. The number of alkyl carbamates (subject to hydrolysis) is 1. The van der Waals surface area contributed by atoms with Crippen LogP contribution in [0.2, 0.25) is 18.6 Å². The Kier molecular flexibility index (Phi) is 5.11. The van der Waals surface area contributed by atoms with Crippen LogP contribution >= 0.6 is 0 Å². The van der Waals surface area contributed by atoms with E-state index in [9.17, 15) is 14.7 Å². The van der Waals surface area contributed by atoms with Gasteiger partial charge in [-0.3, -0.25) is 0 Å². The van der Waals surface area contributed by atoms with Crippen molar-refractivity contribution in [3.8, 4) is 0 Å². The first-order valence-corrected chi connectivity index (χ1v) is 10.7. The van der Waals surface area contributed by atoms with Crippen LogP contribution in [0.15, 0.2) is 30.3 Å². The molecule has 0 radical (unpaired) electrons. The molecule has 1 aliphatic rings. The SMILES string of the molecule is COC(=O)N[C@@H]1C(=O)O[C@@H]([C@@H](C)O)[C@H]1[Si](C)(C)c1ccccc1. The third-order valence-electron chi connectivity index (χ3n) is 4.50. The van der Waals surface area contributed by atoms with Crippen molar-refractivity contribution in [3.63, 3.8) is 0 Å². The largest absolute Gasteiger partial charge is 0.458 e. The lowest BCUT2D eigenvalue weighted by atomic mass is 10.1. The third kappa shape index (κ3) is 3.40. The summed E-state index contributed by atoms with van der Waals surface area (Å²) in [6.07, 6.45) is -2.14. The van der Waals surface area contributed by atoms with Gasteiger partial charge in [0.05, 0.1) is 21.3 Å². The maximum Gasteiger partial charge on any atom is 0.407 e. The van der Waals surface area contributed by atoms with Crippen molar-refractivity contribution in [2.45, 2.75) is 43.8 Å². The zero-order valence-corrected chi connectivity index (χ0v) is 14.8. The summed E-state index contributed by atoms with van der Waals surface area (Å²) in [7, 11) is -0.986. The number of esters is 1. The number of cyclic esters (lactones) is 1. The van der Waals surface area contributed by atoms with Gasteiger partial charge in [-0.2, -0.15) is 0 Å². The Labute approximate surface area is 136 Å². The van der Waals surface area contributed by atoms with Gasteiger partial charge in [-0.15, -0.1) is 0 Å². The molecule has 0 aromatic heterocycles. The molecule has 1 aliphatic heterocycles. The highest BCUT2D eigenvalue weighted by atomic mass is 28.3. The molecular weight excluding hydrogens is 314 g/mol. The highest BCUT2D eigenvalue weighted by Crippen LogP contribution is 2.38. The molecule has 1 fully saturated rings. The van der Waals surface area contributed by atoms with Gasteiger partial charge in [-0.25, -0.2) is 9.59 Å². The van der Waals surface area contributed by atoms with Gasteiger partial charge >= 0.3 is 12.1 Å². The van der Waals surface area contributed by atoms with Crippen LogP contribution in [0.3, 0.4) is 0 Å². The summed E-state index contributed by atoms with van der Waals surface area (Å²) in [5.74, 6) is -0.525. The lowest BCUT2D eigenvalue weighted by Gasteiger charge is -2.36. The molecule has 0 bridgehead atoms. The van der Waals surface area contributed by atoms with Crippen molar-refractivity contribution in [3.05, 3.63) is 30.3 Å². The van der Waals surface area contributed by atoms with Crippen LogP contribution in [0.25, 0.3) is 0 Å². The van der Waals surface area contributed by atoms with Crippen molar-refractivity contribution in [2.24, 2.45) is 0 Å². The summed E-state index contributed by atoms with van der Waals surface area (Å²) < 4.78 is 9.99. The van der Waals surface area contributed by atoms with Gasteiger partial charge in [0.25, 0.3) is 0 Å². The van der Waals surface area contributed by atoms with E-state index in [1.54, 1.807) is 6.92 Å². The molecule has 126 valence electrons. The molecule has 6 nitrogen and oxygen atoms in total. The lowest BCUT2D eigenvalue weighted by Crippen LogP contribution is -2.57.